The van der Waals surface area contributed by atoms with E-state index in [1.54, 1.807) is 5.57 Å². The Kier molecular flexibility index (Phi) is 3.13. The van der Waals surface area contributed by atoms with E-state index >= 15 is 0 Å². The quantitative estimate of drug-likeness (QED) is 0.575. The molecule has 64 valence electrons. The molecule has 0 heterocycles. The Labute approximate surface area is 69.7 Å². The summed E-state index contributed by atoms with van der Waals surface area (Å²) in [7, 11) is 0. The molecule has 0 amide bonds. The van der Waals surface area contributed by atoms with Gasteiger partial charge < -0.3 is 5.73 Å². The molecular weight excluding hydrogens is 134 g/mol. The van der Waals surface area contributed by atoms with E-state index in [4.69, 9.17) is 5.73 Å². The molecule has 0 aromatic carbocycles. The summed E-state index contributed by atoms with van der Waals surface area (Å²) in [5, 5.41) is 0. The number of nitrogens with two attached hydrogens (primary N) is 1. The molecule has 0 aromatic rings. The van der Waals surface area contributed by atoms with Crippen LogP contribution in [0, 0.1) is 5.92 Å². The predicted octanol–water partition coefficient (Wildman–Crippen LogP) is 2.47. The Morgan fingerprint density at radius 1 is 1.64 bits per heavy atom. The molecule has 1 atom stereocenters. The molecule has 1 heteroatoms. The highest BCUT2D eigenvalue weighted by atomic mass is 14.5. The Hall–Kier alpha value is -0.300. The molecular formula is C10H19N. The molecule has 0 bridgehead atoms. The minimum absolute atomic E-state index is 0.752. The van der Waals surface area contributed by atoms with E-state index in [0.29, 0.717) is 0 Å². The van der Waals surface area contributed by atoms with E-state index in [9.17, 15) is 0 Å². The lowest BCUT2D eigenvalue weighted by Crippen LogP contribution is -2.10. The van der Waals surface area contributed by atoms with E-state index in [1.807, 2.05) is 0 Å². The maximum Gasteiger partial charge on any atom is 0.0136 e. The Balaban J connectivity index is 2.58. The second kappa shape index (κ2) is 3.91. The fourth-order valence-corrected chi connectivity index (χ4v) is 1.82. The van der Waals surface area contributed by atoms with Gasteiger partial charge in [0, 0.05) is 6.54 Å². The molecule has 1 nitrogen and oxygen atoms in total. The molecule has 0 radical (unpaired) electrons. The van der Waals surface area contributed by atoms with Crippen molar-refractivity contribution < 1.29 is 0 Å². The van der Waals surface area contributed by atoms with E-state index in [1.165, 1.54) is 31.3 Å². The summed E-state index contributed by atoms with van der Waals surface area (Å²) in [6, 6.07) is 0. The highest BCUT2D eigenvalue weighted by Gasteiger charge is 2.13. The molecule has 1 saturated carbocycles. The lowest BCUT2D eigenvalue weighted by molar-refractivity contribution is 0.449. The minimum Gasteiger partial charge on any atom is -0.327 e. The second-order valence-corrected chi connectivity index (χ2v) is 3.79. The van der Waals surface area contributed by atoms with Gasteiger partial charge in [-0.05, 0) is 32.1 Å². The van der Waals surface area contributed by atoms with Crippen LogP contribution in [-0.2, 0) is 0 Å². The Bertz CT molecular complexity index is 158. The molecule has 0 aliphatic heterocycles. The number of hydrogen-bond acceptors (Lipinski definition) is 1. The van der Waals surface area contributed by atoms with Crippen LogP contribution in [0.4, 0.5) is 0 Å². The number of hydrogen-bond donors (Lipinski definition) is 1. The van der Waals surface area contributed by atoms with Crippen LogP contribution in [0.1, 0.15) is 39.5 Å². The van der Waals surface area contributed by atoms with Gasteiger partial charge in [-0.3, -0.25) is 0 Å². The van der Waals surface area contributed by atoms with Crippen molar-refractivity contribution >= 4 is 0 Å². The molecule has 1 rings (SSSR count). The first-order valence-electron chi connectivity index (χ1n) is 4.61. The molecule has 0 saturated heterocycles. The third-order valence-electron chi connectivity index (χ3n) is 2.68. The van der Waals surface area contributed by atoms with E-state index < -0.39 is 0 Å². The van der Waals surface area contributed by atoms with Crippen molar-refractivity contribution in [2.45, 2.75) is 39.5 Å². The fraction of sp³-hybridized carbons (Fsp3) is 0.800. The van der Waals surface area contributed by atoms with Crippen molar-refractivity contribution in [3.63, 3.8) is 0 Å². The van der Waals surface area contributed by atoms with Crippen LogP contribution in [0.15, 0.2) is 11.1 Å². The molecule has 0 aromatic heterocycles. The van der Waals surface area contributed by atoms with Crippen molar-refractivity contribution in [2.75, 3.05) is 6.54 Å². The maximum absolute atomic E-state index is 5.59. The third kappa shape index (κ3) is 2.33. The van der Waals surface area contributed by atoms with Crippen molar-refractivity contribution in [2.24, 2.45) is 11.7 Å². The summed E-state index contributed by atoms with van der Waals surface area (Å²) in [4.78, 5) is 0. The van der Waals surface area contributed by atoms with Crippen LogP contribution >= 0.6 is 0 Å². The van der Waals surface area contributed by atoms with Gasteiger partial charge in [0.2, 0.25) is 0 Å². The summed E-state index contributed by atoms with van der Waals surface area (Å²) in [6.45, 7) is 5.26. The van der Waals surface area contributed by atoms with Crippen molar-refractivity contribution in [3.05, 3.63) is 11.1 Å². The Morgan fingerprint density at radius 3 is 2.91 bits per heavy atom. The first-order valence-corrected chi connectivity index (χ1v) is 4.61. The number of rotatable bonds is 1. The summed E-state index contributed by atoms with van der Waals surface area (Å²) in [5.74, 6) is 0.889. The third-order valence-corrected chi connectivity index (χ3v) is 2.68. The van der Waals surface area contributed by atoms with Crippen LogP contribution in [0.25, 0.3) is 0 Å². The van der Waals surface area contributed by atoms with E-state index in [2.05, 4.69) is 13.8 Å². The highest BCUT2D eigenvalue weighted by molar-refractivity contribution is 5.15. The average Bonchev–Trinajstić information content (AvgIpc) is 2.03. The lowest BCUT2D eigenvalue weighted by Gasteiger charge is -2.22. The fourth-order valence-electron chi connectivity index (χ4n) is 1.82. The van der Waals surface area contributed by atoms with Gasteiger partial charge in [-0.15, -0.1) is 0 Å². The summed E-state index contributed by atoms with van der Waals surface area (Å²) >= 11 is 0. The van der Waals surface area contributed by atoms with Crippen LogP contribution in [0.5, 0.6) is 0 Å². The first kappa shape index (κ1) is 8.79. The van der Waals surface area contributed by atoms with Crippen LogP contribution in [-0.4, -0.2) is 6.54 Å². The largest absolute Gasteiger partial charge is 0.327 e. The molecule has 1 unspecified atom stereocenters. The van der Waals surface area contributed by atoms with Gasteiger partial charge >= 0.3 is 0 Å². The predicted molar refractivity (Wildman–Crippen MR) is 49.4 cm³/mol. The topological polar surface area (TPSA) is 26.0 Å². The van der Waals surface area contributed by atoms with E-state index in [0.717, 1.165) is 12.5 Å². The summed E-state index contributed by atoms with van der Waals surface area (Å²) in [5.41, 5.74) is 8.65. The zero-order valence-corrected chi connectivity index (χ0v) is 7.69. The van der Waals surface area contributed by atoms with Gasteiger partial charge in [0.1, 0.15) is 0 Å². The van der Waals surface area contributed by atoms with Crippen molar-refractivity contribution in [3.8, 4) is 0 Å². The normalized spacial score (nSPS) is 30.3. The lowest BCUT2D eigenvalue weighted by atomic mass is 9.84. The minimum atomic E-state index is 0.752. The van der Waals surface area contributed by atoms with Gasteiger partial charge in [0.05, 0.1) is 0 Å². The zero-order valence-electron chi connectivity index (χ0n) is 7.69. The highest BCUT2D eigenvalue weighted by Crippen LogP contribution is 2.29. The Morgan fingerprint density at radius 2 is 2.36 bits per heavy atom. The summed E-state index contributed by atoms with van der Waals surface area (Å²) in [6.07, 6.45) is 5.37. The molecule has 1 fully saturated rings. The maximum atomic E-state index is 5.59. The zero-order chi connectivity index (χ0) is 8.27. The summed E-state index contributed by atoms with van der Waals surface area (Å²) < 4.78 is 0. The smallest absolute Gasteiger partial charge is 0.0136 e. The molecule has 0 spiro atoms. The second-order valence-electron chi connectivity index (χ2n) is 3.79. The molecule has 2 N–H and O–H groups in total. The standard InChI is InChI=1S/C10H19N/c1-8-4-3-5-10(6-8)9(2)7-11/h8H,3-7,11H2,1-2H3. The molecule has 1 aliphatic rings. The van der Waals surface area contributed by atoms with Gasteiger partial charge in [-0.25, -0.2) is 0 Å². The van der Waals surface area contributed by atoms with Gasteiger partial charge in [-0.1, -0.05) is 24.5 Å². The molecule has 11 heavy (non-hydrogen) atoms. The van der Waals surface area contributed by atoms with Gasteiger partial charge in [0.25, 0.3) is 0 Å². The van der Waals surface area contributed by atoms with Crippen molar-refractivity contribution in [1.82, 2.24) is 0 Å². The van der Waals surface area contributed by atoms with Gasteiger partial charge in [-0.2, -0.15) is 0 Å². The molecule has 1 aliphatic carbocycles. The van der Waals surface area contributed by atoms with Crippen molar-refractivity contribution in [1.29, 1.82) is 0 Å². The van der Waals surface area contributed by atoms with Crippen LogP contribution < -0.4 is 5.73 Å². The van der Waals surface area contributed by atoms with E-state index in [-0.39, 0.29) is 0 Å². The first-order chi connectivity index (χ1) is 5.24. The van der Waals surface area contributed by atoms with Crippen LogP contribution in [0.3, 0.4) is 0 Å². The number of allylic oxidation sites excluding steroid dienone is 1. The SMILES string of the molecule is CC(CN)=C1CCCC(C)C1. The van der Waals surface area contributed by atoms with Gasteiger partial charge in [0.15, 0.2) is 0 Å². The average molecular weight is 153 g/mol. The van der Waals surface area contributed by atoms with Crippen LogP contribution in [0.2, 0.25) is 0 Å². The monoisotopic (exact) mass is 153 g/mol.